The maximum atomic E-state index is 11.3. The van der Waals surface area contributed by atoms with E-state index in [1.807, 2.05) is 20.8 Å². The first-order valence-electron chi connectivity index (χ1n) is 4.28. The molecule has 0 aromatic heterocycles. The summed E-state index contributed by atoms with van der Waals surface area (Å²) in [6.45, 7) is 9.44. The number of rotatable bonds is 1. The van der Waals surface area contributed by atoms with Crippen LogP contribution >= 0.6 is 0 Å². The molecule has 1 aliphatic carbocycles. The summed E-state index contributed by atoms with van der Waals surface area (Å²) in [4.78, 5) is 11.3. The summed E-state index contributed by atoms with van der Waals surface area (Å²) in [6.07, 6.45) is 1.63. The van der Waals surface area contributed by atoms with Gasteiger partial charge in [-0.1, -0.05) is 12.2 Å². The van der Waals surface area contributed by atoms with Gasteiger partial charge in [0, 0.05) is 0 Å². The van der Waals surface area contributed by atoms with Crippen LogP contribution < -0.4 is 0 Å². The quantitative estimate of drug-likeness (QED) is 0.443. The van der Waals surface area contributed by atoms with Gasteiger partial charge < -0.3 is 4.74 Å². The van der Waals surface area contributed by atoms with Gasteiger partial charge in [-0.25, -0.2) is 0 Å². The molecule has 0 aromatic carbocycles. The lowest BCUT2D eigenvalue weighted by molar-refractivity contribution is -0.161. The van der Waals surface area contributed by atoms with Crippen molar-refractivity contribution >= 4 is 5.97 Å². The van der Waals surface area contributed by atoms with Crippen molar-refractivity contribution in [1.82, 2.24) is 0 Å². The van der Waals surface area contributed by atoms with E-state index < -0.39 is 0 Å². The molecule has 0 heterocycles. The third-order valence-electron chi connectivity index (χ3n) is 1.81. The molecule has 0 spiro atoms. The Kier molecular flexibility index (Phi) is 2.27. The normalized spacial score (nSPS) is 18.8. The first-order valence-corrected chi connectivity index (χ1v) is 4.28. The minimum atomic E-state index is -0.353. The minimum absolute atomic E-state index is 0.0742. The second-order valence-corrected chi connectivity index (χ2v) is 4.39. The molecular weight excluding hydrogens is 152 g/mol. The highest BCUT2D eigenvalue weighted by Gasteiger charge is 2.32. The second-order valence-electron chi connectivity index (χ2n) is 4.39. The molecule has 2 heteroatoms. The second kappa shape index (κ2) is 2.92. The summed E-state index contributed by atoms with van der Waals surface area (Å²) in [7, 11) is 0. The van der Waals surface area contributed by atoms with Crippen molar-refractivity contribution in [2.75, 3.05) is 0 Å². The van der Waals surface area contributed by atoms with Gasteiger partial charge in [0.1, 0.15) is 5.60 Å². The summed E-state index contributed by atoms with van der Waals surface area (Å²) in [5.74, 6) is 0.00613. The first-order chi connectivity index (χ1) is 5.38. The van der Waals surface area contributed by atoms with Gasteiger partial charge in [0.15, 0.2) is 0 Å². The average molecular weight is 168 g/mol. The van der Waals surface area contributed by atoms with Crippen molar-refractivity contribution in [2.24, 2.45) is 5.92 Å². The van der Waals surface area contributed by atoms with Crippen LogP contribution in [0.15, 0.2) is 12.2 Å². The van der Waals surface area contributed by atoms with Crippen LogP contribution in [0.2, 0.25) is 0 Å². The van der Waals surface area contributed by atoms with E-state index in [0.717, 1.165) is 18.4 Å². The Labute approximate surface area is 73.6 Å². The topological polar surface area (TPSA) is 26.3 Å². The van der Waals surface area contributed by atoms with E-state index in [4.69, 9.17) is 4.74 Å². The third-order valence-corrected chi connectivity index (χ3v) is 1.81. The molecule has 1 fully saturated rings. The SMILES string of the molecule is C=C1CC(C(=O)OC(C)(C)C)C1. The Bertz CT molecular complexity index is 202. The number of carbonyl (C=O) groups is 1. The molecule has 0 N–H and O–H groups in total. The van der Waals surface area contributed by atoms with Gasteiger partial charge in [-0.2, -0.15) is 0 Å². The van der Waals surface area contributed by atoms with E-state index in [1.165, 1.54) is 0 Å². The van der Waals surface area contributed by atoms with Crippen LogP contribution in [0.5, 0.6) is 0 Å². The summed E-state index contributed by atoms with van der Waals surface area (Å²) in [6, 6.07) is 0. The molecule has 0 atom stereocenters. The Morgan fingerprint density at radius 1 is 1.50 bits per heavy atom. The van der Waals surface area contributed by atoms with Gasteiger partial charge in [0.05, 0.1) is 5.92 Å². The van der Waals surface area contributed by atoms with Crippen molar-refractivity contribution in [3.8, 4) is 0 Å². The zero-order valence-corrected chi connectivity index (χ0v) is 8.02. The van der Waals surface area contributed by atoms with Crippen molar-refractivity contribution in [2.45, 2.75) is 39.2 Å². The van der Waals surface area contributed by atoms with Crippen molar-refractivity contribution in [3.63, 3.8) is 0 Å². The third kappa shape index (κ3) is 2.36. The van der Waals surface area contributed by atoms with Crippen LogP contribution in [0, 0.1) is 5.92 Å². The van der Waals surface area contributed by atoms with Crippen molar-refractivity contribution < 1.29 is 9.53 Å². The number of hydrogen-bond acceptors (Lipinski definition) is 2. The Morgan fingerprint density at radius 3 is 2.33 bits per heavy atom. The van der Waals surface area contributed by atoms with E-state index in [-0.39, 0.29) is 17.5 Å². The predicted molar refractivity (Wildman–Crippen MR) is 47.7 cm³/mol. The molecule has 68 valence electrons. The van der Waals surface area contributed by atoms with E-state index >= 15 is 0 Å². The number of esters is 1. The highest BCUT2D eigenvalue weighted by Crippen LogP contribution is 2.33. The molecular formula is C10H16O2. The summed E-state index contributed by atoms with van der Waals surface area (Å²) < 4.78 is 5.21. The molecule has 0 aliphatic heterocycles. The monoisotopic (exact) mass is 168 g/mol. The highest BCUT2D eigenvalue weighted by molar-refractivity contribution is 5.75. The Balaban J connectivity index is 2.35. The average Bonchev–Trinajstić information content (AvgIpc) is 1.76. The zero-order chi connectivity index (χ0) is 9.35. The van der Waals surface area contributed by atoms with Gasteiger partial charge in [0.2, 0.25) is 0 Å². The van der Waals surface area contributed by atoms with Gasteiger partial charge in [0.25, 0.3) is 0 Å². The molecule has 1 rings (SSSR count). The molecule has 1 aliphatic rings. The van der Waals surface area contributed by atoms with Crippen molar-refractivity contribution in [1.29, 1.82) is 0 Å². The lowest BCUT2D eigenvalue weighted by Crippen LogP contribution is -2.32. The maximum absolute atomic E-state index is 11.3. The smallest absolute Gasteiger partial charge is 0.310 e. The van der Waals surface area contributed by atoms with Crippen molar-refractivity contribution in [3.05, 3.63) is 12.2 Å². The molecule has 0 aromatic rings. The van der Waals surface area contributed by atoms with Crippen LogP contribution in [0.1, 0.15) is 33.6 Å². The number of ether oxygens (including phenoxy) is 1. The first kappa shape index (κ1) is 9.30. The summed E-state index contributed by atoms with van der Waals surface area (Å²) in [5.41, 5.74) is 0.805. The van der Waals surface area contributed by atoms with Gasteiger partial charge in [-0.05, 0) is 33.6 Å². The number of hydrogen-bond donors (Lipinski definition) is 0. The van der Waals surface area contributed by atoms with Gasteiger partial charge in [-0.15, -0.1) is 0 Å². The number of allylic oxidation sites excluding steroid dienone is 1. The van der Waals surface area contributed by atoms with Crippen LogP contribution in [0.3, 0.4) is 0 Å². The van der Waals surface area contributed by atoms with Crippen LogP contribution in [0.25, 0.3) is 0 Å². The number of carbonyl (C=O) groups excluding carboxylic acids is 1. The molecule has 2 nitrogen and oxygen atoms in total. The highest BCUT2D eigenvalue weighted by atomic mass is 16.6. The van der Waals surface area contributed by atoms with E-state index in [0.29, 0.717) is 0 Å². The van der Waals surface area contributed by atoms with Gasteiger partial charge in [-0.3, -0.25) is 4.79 Å². The Morgan fingerprint density at radius 2 is 2.00 bits per heavy atom. The van der Waals surface area contributed by atoms with E-state index in [9.17, 15) is 4.79 Å². The molecule has 12 heavy (non-hydrogen) atoms. The lowest BCUT2D eigenvalue weighted by Gasteiger charge is -2.30. The standard InChI is InChI=1S/C10H16O2/c1-7-5-8(6-7)9(11)12-10(2,3)4/h8H,1,5-6H2,2-4H3. The molecule has 0 radical (unpaired) electrons. The summed E-state index contributed by atoms with van der Waals surface area (Å²) in [5, 5.41) is 0. The molecule has 0 amide bonds. The fourth-order valence-corrected chi connectivity index (χ4v) is 1.19. The van der Waals surface area contributed by atoms with Gasteiger partial charge >= 0.3 is 5.97 Å². The lowest BCUT2D eigenvalue weighted by atomic mass is 9.81. The van der Waals surface area contributed by atoms with E-state index in [1.54, 1.807) is 0 Å². The van der Waals surface area contributed by atoms with Crippen LogP contribution in [-0.2, 0) is 9.53 Å². The molecule has 0 unspecified atom stereocenters. The fourth-order valence-electron chi connectivity index (χ4n) is 1.19. The molecule has 0 saturated heterocycles. The van der Waals surface area contributed by atoms with Crippen LogP contribution in [0.4, 0.5) is 0 Å². The predicted octanol–water partition coefficient (Wildman–Crippen LogP) is 2.29. The molecule has 1 saturated carbocycles. The Hall–Kier alpha value is -0.790. The molecule has 0 bridgehead atoms. The van der Waals surface area contributed by atoms with Crippen LogP contribution in [-0.4, -0.2) is 11.6 Å². The fraction of sp³-hybridized carbons (Fsp3) is 0.700. The zero-order valence-electron chi connectivity index (χ0n) is 8.02. The maximum Gasteiger partial charge on any atom is 0.310 e. The van der Waals surface area contributed by atoms with E-state index in [2.05, 4.69) is 6.58 Å². The summed E-state index contributed by atoms with van der Waals surface area (Å²) >= 11 is 0. The minimum Gasteiger partial charge on any atom is -0.460 e. The largest absolute Gasteiger partial charge is 0.460 e.